The highest BCUT2D eigenvalue weighted by Crippen LogP contribution is 2.31. The van der Waals surface area contributed by atoms with Crippen molar-refractivity contribution in [2.24, 2.45) is 5.92 Å². The number of nitrogens with zero attached hydrogens (tertiary/aromatic N) is 1. The molecule has 1 aliphatic rings. The molecule has 0 bridgehead atoms. The molecular weight excluding hydrogens is 194 g/mol. The molecule has 0 amide bonds. The maximum Gasteiger partial charge on any atom is 0.0408 e. The van der Waals surface area contributed by atoms with E-state index in [0.717, 1.165) is 5.92 Å². The van der Waals surface area contributed by atoms with Crippen molar-refractivity contribution in [1.82, 2.24) is 0 Å². The van der Waals surface area contributed by atoms with E-state index in [2.05, 4.69) is 62.2 Å². The molecule has 1 aromatic carbocycles. The quantitative estimate of drug-likeness (QED) is 0.714. The first-order valence-electron chi connectivity index (χ1n) is 6.23. The Labute approximate surface area is 98.8 Å². The molecule has 0 N–H and O–H groups in total. The summed E-state index contributed by atoms with van der Waals surface area (Å²) in [4.78, 5) is 2.45. The van der Waals surface area contributed by atoms with E-state index in [9.17, 15) is 0 Å². The van der Waals surface area contributed by atoms with E-state index in [4.69, 9.17) is 0 Å². The molecule has 0 aliphatic carbocycles. The summed E-state index contributed by atoms with van der Waals surface area (Å²) in [5, 5.41) is 0. The number of benzene rings is 1. The van der Waals surface area contributed by atoms with Gasteiger partial charge in [0.25, 0.3) is 0 Å². The van der Waals surface area contributed by atoms with Crippen LogP contribution in [0.25, 0.3) is 0 Å². The molecule has 0 saturated carbocycles. The van der Waals surface area contributed by atoms with Gasteiger partial charge in [0.05, 0.1) is 0 Å². The molecule has 0 spiro atoms. The SMILES string of the molecule is CC[C@H]1[C@H](C)CC(C)=CN1c1ccccc1. The van der Waals surface area contributed by atoms with E-state index in [-0.39, 0.29) is 0 Å². The zero-order valence-electron chi connectivity index (χ0n) is 10.5. The first-order chi connectivity index (χ1) is 7.72. The van der Waals surface area contributed by atoms with Crippen LogP contribution in [0.4, 0.5) is 5.69 Å². The van der Waals surface area contributed by atoms with Crippen LogP contribution in [-0.2, 0) is 0 Å². The van der Waals surface area contributed by atoms with Crippen molar-refractivity contribution in [1.29, 1.82) is 0 Å². The van der Waals surface area contributed by atoms with E-state index in [1.807, 2.05) is 0 Å². The van der Waals surface area contributed by atoms with Gasteiger partial charge in [0.15, 0.2) is 0 Å². The summed E-state index contributed by atoms with van der Waals surface area (Å²) < 4.78 is 0. The van der Waals surface area contributed by atoms with Crippen molar-refractivity contribution in [3.05, 3.63) is 42.1 Å². The summed E-state index contributed by atoms with van der Waals surface area (Å²) in [6.07, 6.45) is 4.77. The van der Waals surface area contributed by atoms with Gasteiger partial charge in [-0.1, -0.05) is 37.6 Å². The van der Waals surface area contributed by atoms with Crippen LogP contribution in [0.5, 0.6) is 0 Å². The number of para-hydroxylation sites is 1. The smallest absolute Gasteiger partial charge is 0.0408 e. The highest BCUT2D eigenvalue weighted by molar-refractivity contribution is 5.51. The number of hydrogen-bond donors (Lipinski definition) is 0. The van der Waals surface area contributed by atoms with E-state index in [1.54, 1.807) is 0 Å². The molecule has 1 heterocycles. The van der Waals surface area contributed by atoms with Gasteiger partial charge in [-0.05, 0) is 37.8 Å². The fraction of sp³-hybridized carbons (Fsp3) is 0.467. The van der Waals surface area contributed by atoms with Crippen LogP contribution in [0.2, 0.25) is 0 Å². The van der Waals surface area contributed by atoms with Crippen LogP contribution in [0.3, 0.4) is 0 Å². The zero-order valence-corrected chi connectivity index (χ0v) is 10.5. The Bertz CT molecular complexity index is 366. The first-order valence-corrected chi connectivity index (χ1v) is 6.23. The molecular formula is C15H21N. The average molecular weight is 215 g/mol. The second-order valence-electron chi connectivity index (χ2n) is 4.88. The Morgan fingerprint density at radius 1 is 1.25 bits per heavy atom. The standard InChI is InChI=1S/C15H21N/c1-4-15-13(3)10-12(2)11-16(15)14-8-6-5-7-9-14/h5-9,11,13,15H,4,10H2,1-3H3/t13-,15+/m1/s1. The molecule has 86 valence electrons. The van der Waals surface area contributed by atoms with Crippen LogP contribution < -0.4 is 4.90 Å². The van der Waals surface area contributed by atoms with E-state index < -0.39 is 0 Å². The summed E-state index contributed by atoms with van der Waals surface area (Å²) in [5.74, 6) is 0.746. The van der Waals surface area contributed by atoms with Crippen LogP contribution in [0, 0.1) is 5.92 Å². The highest BCUT2D eigenvalue weighted by Gasteiger charge is 2.26. The van der Waals surface area contributed by atoms with Gasteiger partial charge in [0.2, 0.25) is 0 Å². The van der Waals surface area contributed by atoms with Gasteiger partial charge in [0, 0.05) is 17.9 Å². The topological polar surface area (TPSA) is 3.24 Å². The minimum Gasteiger partial charge on any atom is -0.345 e. The minimum absolute atomic E-state index is 0.645. The zero-order chi connectivity index (χ0) is 11.5. The highest BCUT2D eigenvalue weighted by atomic mass is 15.2. The lowest BCUT2D eigenvalue weighted by molar-refractivity contribution is 0.414. The molecule has 16 heavy (non-hydrogen) atoms. The molecule has 1 aliphatic heterocycles. The van der Waals surface area contributed by atoms with Crippen molar-refractivity contribution in [2.45, 2.75) is 39.7 Å². The van der Waals surface area contributed by atoms with Gasteiger partial charge in [-0.15, -0.1) is 0 Å². The van der Waals surface area contributed by atoms with Crippen LogP contribution in [-0.4, -0.2) is 6.04 Å². The molecule has 1 nitrogen and oxygen atoms in total. The Morgan fingerprint density at radius 3 is 2.56 bits per heavy atom. The number of hydrogen-bond acceptors (Lipinski definition) is 1. The van der Waals surface area contributed by atoms with Crippen molar-refractivity contribution >= 4 is 5.69 Å². The molecule has 1 heteroatoms. The van der Waals surface area contributed by atoms with Gasteiger partial charge >= 0.3 is 0 Å². The minimum atomic E-state index is 0.645. The Kier molecular flexibility index (Phi) is 3.33. The molecule has 0 saturated heterocycles. The number of allylic oxidation sites excluding steroid dienone is 1. The second-order valence-corrected chi connectivity index (χ2v) is 4.88. The molecule has 0 unspecified atom stereocenters. The second kappa shape index (κ2) is 4.73. The number of rotatable bonds is 2. The van der Waals surface area contributed by atoms with Crippen LogP contribution in [0.15, 0.2) is 42.1 Å². The maximum atomic E-state index is 2.45. The number of anilines is 1. The summed E-state index contributed by atoms with van der Waals surface area (Å²) in [6, 6.07) is 11.4. The summed E-state index contributed by atoms with van der Waals surface area (Å²) >= 11 is 0. The van der Waals surface area contributed by atoms with E-state index in [0.29, 0.717) is 6.04 Å². The normalized spacial score (nSPS) is 25.4. The summed E-state index contributed by atoms with van der Waals surface area (Å²) in [5.41, 5.74) is 2.81. The third-order valence-corrected chi connectivity index (χ3v) is 3.49. The van der Waals surface area contributed by atoms with Gasteiger partial charge in [-0.3, -0.25) is 0 Å². The fourth-order valence-corrected chi connectivity index (χ4v) is 2.77. The largest absolute Gasteiger partial charge is 0.345 e. The predicted octanol–water partition coefficient (Wildman–Crippen LogP) is 4.22. The van der Waals surface area contributed by atoms with Crippen LogP contribution in [0.1, 0.15) is 33.6 Å². The molecule has 2 atom stereocenters. The predicted molar refractivity (Wildman–Crippen MR) is 70.5 cm³/mol. The average Bonchev–Trinajstić information content (AvgIpc) is 2.29. The van der Waals surface area contributed by atoms with E-state index >= 15 is 0 Å². The summed E-state index contributed by atoms with van der Waals surface area (Å²) in [7, 11) is 0. The third-order valence-electron chi connectivity index (χ3n) is 3.49. The molecule has 2 rings (SSSR count). The van der Waals surface area contributed by atoms with Crippen LogP contribution >= 0.6 is 0 Å². The molecule has 0 aromatic heterocycles. The first kappa shape index (κ1) is 11.3. The monoisotopic (exact) mass is 215 g/mol. The van der Waals surface area contributed by atoms with Crippen molar-refractivity contribution in [3.63, 3.8) is 0 Å². The lowest BCUT2D eigenvalue weighted by Gasteiger charge is -2.39. The Morgan fingerprint density at radius 2 is 1.94 bits per heavy atom. The van der Waals surface area contributed by atoms with Gasteiger partial charge in [-0.25, -0.2) is 0 Å². The molecule has 0 radical (unpaired) electrons. The molecule has 1 aromatic rings. The third kappa shape index (κ3) is 2.13. The van der Waals surface area contributed by atoms with Gasteiger partial charge < -0.3 is 4.90 Å². The van der Waals surface area contributed by atoms with Gasteiger partial charge in [0.1, 0.15) is 0 Å². The Balaban J connectivity index is 2.33. The lowest BCUT2D eigenvalue weighted by Crippen LogP contribution is -2.39. The summed E-state index contributed by atoms with van der Waals surface area (Å²) in [6.45, 7) is 6.88. The maximum absolute atomic E-state index is 2.45. The van der Waals surface area contributed by atoms with Crippen molar-refractivity contribution in [3.8, 4) is 0 Å². The van der Waals surface area contributed by atoms with E-state index in [1.165, 1.54) is 24.1 Å². The fourth-order valence-electron chi connectivity index (χ4n) is 2.77. The van der Waals surface area contributed by atoms with Crippen molar-refractivity contribution in [2.75, 3.05) is 4.90 Å². The lowest BCUT2D eigenvalue weighted by atomic mass is 9.88. The van der Waals surface area contributed by atoms with Gasteiger partial charge in [-0.2, -0.15) is 0 Å². The molecule has 0 fully saturated rings. The van der Waals surface area contributed by atoms with Crippen molar-refractivity contribution < 1.29 is 0 Å². The Hall–Kier alpha value is -1.24.